The fourth-order valence-electron chi connectivity index (χ4n) is 2.69. The zero-order valence-electron chi connectivity index (χ0n) is 12.5. The first kappa shape index (κ1) is 15.3. The molecule has 0 spiro atoms. The molecule has 4 rings (SSSR count). The second-order valence-electron chi connectivity index (χ2n) is 5.47. The molecule has 0 bridgehead atoms. The van der Waals surface area contributed by atoms with Crippen LogP contribution in [0.4, 0.5) is 20.1 Å². The summed E-state index contributed by atoms with van der Waals surface area (Å²) in [7, 11) is 1.77. The lowest BCUT2D eigenvalue weighted by Gasteiger charge is -2.15. The Kier molecular flexibility index (Phi) is 3.46. The van der Waals surface area contributed by atoms with E-state index in [-0.39, 0.29) is 11.8 Å². The topological polar surface area (TPSA) is 89.1 Å². The Morgan fingerprint density at radius 1 is 1.46 bits per heavy atom. The number of carbonyl (C=O) groups is 1. The zero-order valence-corrected chi connectivity index (χ0v) is 14.9. The molecule has 7 nitrogen and oxygen atoms in total. The van der Waals surface area contributed by atoms with E-state index in [1.807, 2.05) is 0 Å². The minimum absolute atomic E-state index is 0.286. The predicted octanol–water partition coefficient (Wildman–Crippen LogP) is 3.06. The van der Waals surface area contributed by atoms with Crippen molar-refractivity contribution in [2.24, 2.45) is 7.05 Å². The second kappa shape index (κ2) is 5.42. The molecule has 24 heavy (non-hydrogen) atoms. The summed E-state index contributed by atoms with van der Waals surface area (Å²) < 4.78 is 16.3. The number of nitrogens with one attached hydrogen (secondary N) is 1. The Bertz CT molecular complexity index is 983. The van der Waals surface area contributed by atoms with Gasteiger partial charge in [-0.05, 0) is 28.1 Å². The van der Waals surface area contributed by atoms with Crippen molar-refractivity contribution in [1.29, 1.82) is 0 Å². The monoisotopic (exact) mass is 410 g/mol. The Labute approximate surface area is 148 Å². The number of carbonyl (C=O) groups excluding carboxylic acids is 1. The molecule has 0 saturated carbocycles. The number of nitrogens with two attached hydrogens (primary N) is 1. The molecule has 0 unspecified atom stereocenters. The molecule has 0 radical (unpaired) electrons. The molecular formula is C14H12BrFN6OS. The SMILES string of the molecule is Cn1nc2c(c1N)CN(C(=O)Nc1nc3c(Br)cc(F)cc3s1)C2. The highest BCUT2D eigenvalue weighted by molar-refractivity contribution is 9.10. The van der Waals surface area contributed by atoms with Crippen molar-refractivity contribution in [2.75, 3.05) is 11.1 Å². The Morgan fingerprint density at radius 2 is 2.25 bits per heavy atom. The van der Waals surface area contributed by atoms with Crippen LogP contribution in [0.25, 0.3) is 10.2 Å². The summed E-state index contributed by atoms with van der Waals surface area (Å²) in [5, 5.41) is 7.47. The summed E-state index contributed by atoms with van der Waals surface area (Å²) in [6.07, 6.45) is 0. The number of nitrogens with zero attached hydrogens (tertiary/aromatic N) is 4. The molecule has 1 aromatic carbocycles. The van der Waals surface area contributed by atoms with Crippen LogP contribution in [0.5, 0.6) is 0 Å². The van der Waals surface area contributed by atoms with Gasteiger partial charge in [0.05, 0.1) is 29.0 Å². The minimum Gasteiger partial charge on any atom is -0.384 e. The van der Waals surface area contributed by atoms with Crippen LogP contribution in [-0.2, 0) is 20.1 Å². The van der Waals surface area contributed by atoms with E-state index in [9.17, 15) is 9.18 Å². The van der Waals surface area contributed by atoms with Gasteiger partial charge >= 0.3 is 6.03 Å². The highest BCUT2D eigenvalue weighted by Gasteiger charge is 2.29. The molecule has 1 aliphatic rings. The van der Waals surface area contributed by atoms with Gasteiger partial charge in [0.15, 0.2) is 5.13 Å². The smallest absolute Gasteiger partial charge is 0.324 e. The molecule has 10 heteroatoms. The van der Waals surface area contributed by atoms with Gasteiger partial charge in [-0.25, -0.2) is 14.2 Å². The molecule has 3 heterocycles. The number of urea groups is 1. The van der Waals surface area contributed by atoms with Gasteiger partial charge in [0.25, 0.3) is 0 Å². The summed E-state index contributed by atoms with van der Waals surface area (Å²) in [5.41, 5.74) is 8.24. The van der Waals surface area contributed by atoms with Gasteiger partial charge in [-0.3, -0.25) is 10.00 Å². The van der Waals surface area contributed by atoms with E-state index >= 15 is 0 Å². The van der Waals surface area contributed by atoms with E-state index in [0.717, 1.165) is 11.3 Å². The number of anilines is 2. The van der Waals surface area contributed by atoms with E-state index in [0.29, 0.717) is 38.7 Å². The Balaban J connectivity index is 1.54. The normalized spacial score (nSPS) is 13.5. The zero-order chi connectivity index (χ0) is 17.0. The third-order valence-corrected chi connectivity index (χ3v) is 5.40. The molecule has 0 aliphatic carbocycles. The molecule has 2 aromatic heterocycles. The highest BCUT2D eigenvalue weighted by atomic mass is 79.9. The third-order valence-electron chi connectivity index (χ3n) is 3.88. The molecule has 124 valence electrons. The van der Waals surface area contributed by atoms with E-state index < -0.39 is 0 Å². The number of nitrogen functional groups attached to an aromatic ring is 1. The second-order valence-corrected chi connectivity index (χ2v) is 7.36. The number of aromatic nitrogens is 3. The predicted molar refractivity (Wildman–Crippen MR) is 93.2 cm³/mol. The molecule has 2 amide bonds. The number of halogens is 2. The van der Waals surface area contributed by atoms with Crippen LogP contribution in [0.1, 0.15) is 11.3 Å². The van der Waals surface area contributed by atoms with Crippen molar-refractivity contribution in [3.63, 3.8) is 0 Å². The largest absolute Gasteiger partial charge is 0.384 e. The minimum atomic E-state index is -0.354. The summed E-state index contributed by atoms with van der Waals surface area (Å²) in [6, 6.07) is 2.45. The van der Waals surface area contributed by atoms with Gasteiger partial charge in [0.2, 0.25) is 0 Å². The molecule has 3 N–H and O–H groups in total. The van der Waals surface area contributed by atoms with E-state index in [2.05, 4.69) is 31.3 Å². The van der Waals surface area contributed by atoms with E-state index in [1.54, 1.807) is 16.6 Å². The Morgan fingerprint density at radius 3 is 3.00 bits per heavy atom. The van der Waals surface area contributed by atoms with E-state index in [4.69, 9.17) is 5.73 Å². The number of rotatable bonds is 1. The first-order valence-electron chi connectivity index (χ1n) is 7.04. The molecular weight excluding hydrogens is 399 g/mol. The number of amides is 2. The molecule has 1 aliphatic heterocycles. The maximum absolute atomic E-state index is 13.4. The molecule has 0 saturated heterocycles. The summed E-state index contributed by atoms with van der Waals surface area (Å²) in [4.78, 5) is 18.4. The van der Waals surface area contributed by atoms with Gasteiger partial charge in [-0.1, -0.05) is 11.3 Å². The van der Waals surface area contributed by atoms with Crippen LogP contribution in [0.15, 0.2) is 16.6 Å². The Hall–Kier alpha value is -2.20. The molecule has 0 fully saturated rings. The van der Waals surface area contributed by atoms with Gasteiger partial charge in [-0.15, -0.1) is 0 Å². The fraction of sp³-hybridized carbons (Fsp3) is 0.214. The number of aryl methyl sites for hydroxylation is 1. The maximum atomic E-state index is 13.4. The number of hydrogen-bond donors (Lipinski definition) is 2. The lowest BCUT2D eigenvalue weighted by atomic mass is 10.3. The van der Waals surface area contributed by atoms with Gasteiger partial charge < -0.3 is 10.6 Å². The average Bonchev–Trinajstić information content (AvgIpc) is 3.16. The quantitative estimate of drug-likeness (QED) is 0.644. The van der Waals surface area contributed by atoms with Gasteiger partial charge in [0, 0.05) is 17.1 Å². The number of thiazole rings is 1. The first-order chi connectivity index (χ1) is 11.4. The summed E-state index contributed by atoms with van der Waals surface area (Å²) in [5.74, 6) is 0.215. The van der Waals surface area contributed by atoms with Crippen LogP contribution in [0.3, 0.4) is 0 Å². The van der Waals surface area contributed by atoms with Crippen molar-refractivity contribution in [1.82, 2.24) is 19.7 Å². The molecule has 0 atom stereocenters. The van der Waals surface area contributed by atoms with Crippen LogP contribution in [0, 0.1) is 5.82 Å². The van der Waals surface area contributed by atoms with Crippen LogP contribution >= 0.6 is 27.3 Å². The van der Waals surface area contributed by atoms with Crippen LogP contribution < -0.4 is 11.1 Å². The fourth-order valence-corrected chi connectivity index (χ4v) is 4.25. The van der Waals surface area contributed by atoms with Gasteiger partial charge in [-0.2, -0.15) is 5.10 Å². The standard InChI is InChI=1S/C14H12BrFN6OS/c1-21-12(17)7-4-22(5-9(7)20-21)14(23)19-13-18-11-8(15)2-6(16)3-10(11)24-13/h2-3H,4-5,17H2,1H3,(H,18,19,23). The van der Waals surface area contributed by atoms with E-state index in [1.165, 1.54) is 23.5 Å². The average molecular weight is 411 g/mol. The van der Waals surface area contributed by atoms with Crippen molar-refractivity contribution in [3.05, 3.63) is 33.7 Å². The van der Waals surface area contributed by atoms with Crippen LogP contribution in [-0.4, -0.2) is 25.7 Å². The van der Waals surface area contributed by atoms with Gasteiger partial charge in [0.1, 0.15) is 11.6 Å². The lowest BCUT2D eigenvalue weighted by Crippen LogP contribution is -2.30. The van der Waals surface area contributed by atoms with Crippen molar-refractivity contribution in [3.8, 4) is 0 Å². The first-order valence-corrected chi connectivity index (χ1v) is 8.65. The van der Waals surface area contributed by atoms with Crippen LogP contribution in [0.2, 0.25) is 0 Å². The van der Waals surface area contributed by atoms with Crippen molar-refractivity contribution >= 4 is 54.5 Å². The summed E-state index contributed by atoms with van der Waals surface area (Å²) in [6.45, 7) is 0.805. The van der Waals surface area contributed by atoms with Crippen molar-refractivity contribution in [2.45, 2.75) is 13.1 Å². The molecule has 3 aromatic rings. The maximum Gasteiger partial charge on any atom is 0.324 e. The number of fused-ring (bicyclic) bond motifs is 2. The lowest BCUT2D eigenvalue weighted by molar-refractivity contribution is 0.212. The number of hydrogen-bond acceptors (Lipinski definition) is 5. The number of benzene rings is 1. The highest BCUT2D eigenvalue weighted by Crippen LogP contribution is 2.33. The van der Waals surface area contributed by atoms with Crippen molar-refractivity contribution < 1.29 is 9.18 Å². The third kappa shape index (κ3) is 2.42. The summed E-state index contributed by atoms with van der Waals surface area (Å²) >= 11 is 4.50.